The Hall–Kier alpha value is -2.46. The number of fused-ring (bicyclic) bond motifs is 1. The highest BCUT2D eigenvalue weighted by atomic mass is 32.1. The Morgan fingerprint density at radius 1 is 1.50 bits per heavy atom. The number of rotatable bonds is 2. The molecule has 2 aromatic rings. The molecule has 0 radical (unpaired) electrons. The Bertz CT molecular complexity index is 863. The summed E-state index contributed by atoms with van der Waals surface area (Å²) in [6.45, 7) is 5.53. The number of carbonyl (C=O) groups is 1. The second-order valence-corrected chi connectivity index (χ2v) is 6.76. The monoisotopic (exact) mass is 317 g/mol. The first-order chi connectivity index (χ1) is 10.2. The summed E-state index contributed by atoms with van der Waals surface area (Å²) in [4.78, 5) is 27.1. The van der Waals surface area contributed by atoms with Crippen LogP contribution in [0.1, 0.15) is 20.8 Å². The van der Waals surface area contributed by atoms with E-state index in [2.05, 4.69) is 10.9 Å². The number of thiazole rings is 1. The average Bonchev–Trinajstić information content (AvgIpc) is 2.75. The third kappa shape index (κ3) is 3.07. The van der Waals surface area contributed by atoms with Gasteiger partial charge in [-0.25, -0.2) is 0 Å². The fourth-order valence-electron chi connectivity index (χ4n) is 1.75. The van der Waals surface area contributed by atoms with Gasteiger partial charge in [-0.1, -0.05) is 38.0 Å². The van der Waals surface area contributed by atoms with Gasteiger partial charge in [-0.3, -0.25) is 14.9 Å². The molecule has 2 rings (SSSR count). The quantitative estimate of drug-likeness (QED) is 0.485. The van der Waals surface area contributed by atoms with Crippen LogP contribution >= 0.6 is 11.3 Å². The molecular weight excluding hydrogens is 302 g/mol. The number of nitrogens with zero attached hydrogens (tertiary/aromatic N) is 3. The topological polar surface area (TPSA) is 77.5 Å². The third-order valence-electron chi connectivity index (χ3n) is 2.96. The predicted molar refractivity (Wildman–Crippen MR) is 85.3 cm³/mol. The minimum Gasteiger partial charge on any atom is -0.304 e. The first kappa shape index (κ1) is 15.9. The van der Waals surface area contributed by atoms with Gasteiger partial charge in [0.2, 0.25) is 0 Å². The Labute approximate surface area is 131 Å². The number of hydrogen-bond donors (Lipinski definition) is 0. The van der Waals surface area contributed by atoms with Gasteiger partial charge in [-0.15, -0.1) is 6.42 Å². The van der Waals surface area contributed by atoms with E-state index in [0.29, 0.717) is 10.3 Å². The number of aromatic nitrogens is 1. The van der Waals surface area contributed by atoms with Crippen LogP contribution in [0.15, 0.2) is 23.2 Å². The molecule has 0 bridgehead atoms. The van der Waals surface area contributed by atoms with Crippen molar-refractivity contribution in [3.63, 3.8) is 0 Å². The van der Waals surface area contributed by atoms with Crippen LogP contribution in [0.25, 0.3) is 10.2 Å². The highest BCUT2D eigenvalue weighted by molar-refractivity contribution is 7.16. The molecule has 0 aliphatic heterocycles. The van der Waals surface area contributed by atoms with Crippen molar-refractivity contribution in [2.45, 2.75) is 27.3 Å². The predicted octanol–water partition coefficient (Wildman–Crippen LogP) is 2.72. The number of carbonyl (C=O) groups excluding carboxylic acids is 1. The van der Waals surface area contributed by atoms with Crippen molar-refractivity contribution in [2.24, 2.45) is 10.4 Å². The molecule has 22 heavy (non-hydrogen) atoms. The smallest absolute Gasteiger partial charge is 0.271 e. The fourth-order valence-corrected chi connectivity index (χ4v) is 2.76. The number of benzene rings is 1. The lowest BCUT2D eigenvalue weighted by Gasteiger charge is -2.11. The van der Waals surface area contributed by atoms with E-state index < -0.39 is 10.3 Å². The maximum atomic E-state index is 12.1. The van der Waals surface area contributed by atoms with Crippen LogP contribution < -0.4 is 4.80 Å². The van der Waals surface area contributed by atoms with E-state index in [9.17, 15) is 14.9 Å². The first-order valence-electron chi connectivity index (χ1n) is 6.54. The van der Waals surface area contributed by atoms with Crippen LogP contribution in [0.2, 0.25) is 0 Å². The van der Waals surface area contributed by atoms with Crippen molar-refractivity contribution in [1.29, 1.82) is 0 Å². The highest BCUT2D eigenvalue weighted by Crippen LogP contribution is 2.23. The molecule has 0 spiro atoms. The lowest BCUT2D eigenvalue weighted by molar-refractivity contribution is -0.384. The molecule has 0 N–H and O–H groups in total. The number of hydrogen-bond acceptors (Lipinski definition) is 4. The number of amides is 1. The Kier molecular flexibility index (Phi) is 4.15. The number of nitro groups is 1. The van der Waals surface area contributed by atoms with Gasteiger partial charge in [0.25, 0.3) is 11.6 Å². The van der Waals surface area contributed by atoms with Crippen molar-refractivity contribution in [1.82, 2.24) is 4.57 Å². The molecule has 1 aromatic heterocycles. The summed E-state index contributed by atoms with van der Waals surface area (Å²) in [7, 11) is 0. The first-order valence-corrected chi connectivity index (χ1v) is 7.36. The van der Waals surface area contributed by atoms with Gasteiger partial charge in [0.1, 0.15) is 0 Å². The molecule has 1 amide bonds. The standard InChI is InChI=1S/C15H15N3O3S/c1-5-8-17-11-9-10(18(20)21)6-7-12(11)22-14(17)16-13(19)15(2,3)4/h1,6-7,9H,8H2,2-4H3. The van der Waals surface area contributed by atoms with E-state index in [1.165, 1.54) is 23.5 Å². The van der Waals surface area contributed by atoms with E-state index in [1.807, 2.05) is 0 Å². The molecule has 0 saturated heterocycles. The molecule has 7 heteroatoms. The van der Waals surface area contributed by atoms with Gasteiger partial charge in [-0.2, -0.15) is 4.99 Å². The SMILES string of the molecule is C#CCn1c(=NC(=O)C(C)(C)C)sc2ccc([N+](=O)[O-])cc21. The van der Waals surface area contributed by atoms with Crippen molar-refractivity contribution in [3.05, 3.63) is 33.1 Å². The maximum Gasteiger partial charge on any atom is 0.271 e. The van der Waals surface area contributed by atoms with Crippen molar-refractivity contribution < 1.29 is 9.72 Å². The Morgan fingerprint density at radius 3 is 2.73 bits per heavy atom. The summed E-state index contributed by atoms with van der Waals surface area (Å²) < 4.78 is 2.44. The van der Waals surface area contributed by atoms with Crippen molar-refractivity contribution >= 4 is 33.1 Å². The molecule has 0 atom stereocenters. The maximum absolute atomic E-state index is 12.1. The van der Waals surface area contributed by atoms with Crippen LogP contribution in [0.4, 0.5) is 5.69 Å². The van der Waals surface area contributed by atoms with E-state index in [0.717, 1.165) is 4.70 Å². The molecule has 0 aliphatic rings. The number of nitro benzene ring substituents is 1. The Morgan fingerprint density at radius 2 is 2.18 bits per heavy atom. The average molecular weight is 317 g/mol. The van der Waals surface area contributed by atoms with Gasteiger partial charge in [0, 0.05) is 17.5 Å². The van der Waals surface area contributed by atoms with Crippen LogP contribution in [0, 0.1) is 27.9 Å². The minimum atomic E-state index is -0.601. The number of non-ortho nitro benzene ring substituents is 1. The molecule has 1 aromatic carbocycles. The summed E-state index contributed by atoms with van der Waals surface area (Å²) in [5, 5.41) is 10.9. The zero-order valence-electron chi connectivity index (χ0n) is 12.5. The van der Waals surface area contributed by atoms with Gasteiger partial charge in [0.05, 0.1) is 21.7 Å². The molecular formula is C15H15N3O3S. The van der Waals surface area contributed by atoms with E-state index >= 15 is 0 Å². The van der Waals surface area contributed by atoms with Crippen LogP contribution in [-0.4, -0.2) is 15.4 Å². The molecule has 6 nitrogen and oxygen atoms in total. The van der Waals surface area contributed by atoms with E-state index in [4.69, 9.17) is 6.42 Å². The molecule has 1 heterocycles. The van der Waals surface area contributed by atoms with Gasteiger partial charge >= 0.3 is 0 Å². The second-order valence-electron chi connectivity index (χ2n) is 5.75. The normalized spacial score (nSPS) is 12.4. The zero-order valence-corrected chi connectivity index (χ0v) is 13.3. The Balaban J connectivity index is 2.73. The largest absolute Gasteiger partial charge is 0.304 e. The molecule has 0 fully saturated rings. The molecule has 114 valence electrons. The summed E-state index contributed by atoms with van der Waals surface area (Å²) in [6.07, 6.45) is 5.37. The van der Waals surface area contributed by atoms with E-state index in [1.54, 1.807) is 31.4 Å². The van der Waals surface area contributed by atoms with Gasteiger partial charge in [0.15, 0.2) is 4.80 Å². The fraction of sp³-hybridized carbons (Fsp3) is 0.333. The summed E-state index contributed by atoms with van der Waals surface area (Å²) >= 11 is 1.29. The highest BCUT2D eigenvalue weighted by Gasteiger charge is 2.21. The lowest BCUT2D eigenvalue weighted by atomic mass is 9.96. The molecule has 0 aliphatic carbocycles. The summed E-state index contributed by atoms with van der Waals surface area (Å²) in [6, 6.07) is 4.52. The van der Waals surface area contributed by atoms with Crippen LogP contribution in [-0.2, 0) is 11.3 Å². The second kappa shape index (κ2) is 5.73. The van der Waals surface area contributed by atoms with E-state index in [-0.39, 0.29) is 18.1 Å². The summed E-state index contributed by atoms with van der Waals surface area (Å²) in [5.74, 6) is 2.23. The van der Waals surface area contributed by atoms with Crippen LogP contribution in [0.3, 0.4) is 0 Å². The van der Waals surface area contributed by atoms with Crippen molar-refractivity contribution in [3.8, 4) is 12.3 Å². The van der Waals surface area contributed by atoms with Crippen LogP contribution in [0.5, 0.6) is 0 Å². The van der Waals surface area contributed by atoms with Crippen molar-refractivity contribution in [2.75, 3.05) is 0 Å². The van der Waals surface area contributed by atoms with Gasteiger partial charge in [-0.05, 0) is 6.07 Å². The zero-order chi connectivity index (χ0) is 16.5. The third-order valence-corrected chi connectivity index (χ3v) is 4.02. The lowest BCUT2D eigenvalue weighted by Crippen LogP contribution is -2.23. The molecule has 0 saturated carbocycles. The van der Waals surface area contributed by atoms with Gasteiger partial charge < -0.3 is 4.57 Å². The summed E-state index contributed by atoms with van der Waals surface area (Å²) in [5.41, 5.74) is -0.0155. The minimum absolute atomic E-state index is 0.0234. The molecule has 0 unspecified atom stereocenters. The number of terminal acetylenes is 1.